The van der Waals surface area contributed by atoms with E-state index in [-0.39, 0.29) is 14.7 Å². The van der Waals surface area contributed by atoms with Gasteiger partial charge in [0.2, 0.25) is 0 Å². The zero-order valence-electron chi connectivity index (χ0n) is 12.7. The van der Waals surface area contributed by atoms with Crippen LogP contribution in [0.3, 0.4) is 0 Å². The molecule has 0 aliphatic rings. The van der Waals surface area contributed by atoms with Crippen LogP contribution in [0, 0.1) is 0 Å². The van der Waals surface area contributed by atoms with Gasteiger partial charge in [-0.2, -0.15) is 0 Å². The molecule has 0 bridgehead atoms. The monoisotopic (exact) mass is 384 g/mol. The van der Waals surface area contributed by atoms with E-state index in [0.717, 1.165) is 27.1 Å². The minimum atomic E-state index is -0.177. The van der Waals surface area contributed by atoms with Gasteiger partial charge in [0.05, 0.1) is 0 Å². The molecule has 2 heterocycles. The first kappa shape index (κ1) is 14.7. The van der Waals surface area contributed by atoms with Gasteiger partial charge < -0.3 is 0 Å². The Hall–Kier alpha value is -2.83. The molecule has 0 N–H and O–H groups in total. The number of rotatable bonds is 4. The number of tetrazole rings is 1. The van der Waals surface area contributed by atoms with Crippen LogP contribution < -0.4 is 4.74 Å². The predicted molar refractivity (Wildman–Crippen MR) is 89.1 cm³/mol. The molecule has 0 fully saturated rings. The minimum absolute atomic E-state index is 0.177. The van der Waals surface area contributed by atoms with Crippen molar-refractivity contribution < 1.29 is 4.74 Å². The molecule has 0 aliphatic carbocycles. The molecule has 0 saturated carbocycles. The first-order chi connectivity index (χ1) is 11.8. The van der Waals surface area contributed by atoms with Gasteiger partial charge in [-0.1, -0.05) is 0 Å². The number of benzene rings is 2. The van der Waals surface area contributed by atoms with E-state index in [0.29, 0.717) is 5.82 Å². The molecule has 0 spiro atoms. The molecule has 0 aliphatic heterocycles. The van der Waals surface area contributed by atoms with Crippen LogP contribution in [0.15, 0.2) is 54.6 Å². The van der Waals surface area contributed by atoms with Crippen LogP contribution >= 0.6 is 0 Å². The zero-order chi connectivity index (χ0) is 16.4. The molecule has 2 aromatic carbocycles. The van der Waals surface area contributed by atoms with E-state index in [1.165, 1.54) is 4.80 Å². The summed E-state index contributed by atoms with van der Waals surface area (Å²) in [4.78, 5) is 1.53. The van der Waals surface area contributed by atoms with E-state index in [4.69, 9.17) is 4.74 Å². The van der Waals surface area contributed by atoms with Crippen molar-refractivity contribution in [3.05, 3.63) is 54.6 Å². The molecule has 118 valence electrons. The van der Waals surface area contributed by atoms with E-state index in [2.05, 4.69) is 24.6 Å². The summed E-state index contributed by atoms with van der Waals surface area (Å²) in [5.41, 5.74) is 2.65. The van der Waals surface area contributed by atoms with Gasteiger partial charge in [0.1, 0.15) is 0 Å². The summed E-state index contributed by atoms with van der Waals surface area (Å²) >= 11 is -0.177. The molecule has 0 saturated heterocycles. The van der Waals surface area contributed by atoms with Crippen molar-refractivity contribution in [2.75, 3.05) is 7.11 Å². The van der Waals surface area contributed by atoms with Crippen LogP contribution in [0.25, 0.3) is 27.2 Å². The third-order valence-electron chi connectivity index (χ3n) is 3.46. The normalized spacial score (nSPS) is 10.7. The van der Waals surface area contributed by atoms with Crippen molar-refractivity contribution in [2.24, 2.45) is 0 Å². The average molecular weight is 383 g/mol. The van der Waals surface area contributed by atoms with E-state index < -0.39 is 0 Å². The van der Waals surface area contributed by atoms with Crippen LogP contribution in [-0.4, -0.2) is 51.2 Å². The van der Waals surface area contributed by atoms with Crippen LogP contribution in [-0.2, 0) is 0 Å². The second-order valence-electron chi connectivity index (χ2n) is 4.92. The Morgan fingerprint density at radius 3 is 2.46 bits per heavy atom. The molecule has 4 rings (SSSR count). The fourth-order valence-corrected chi connectivity index (χ4v) is 3.50. The molecule has 0 unspecified atom stereocenters. The Morgan fingerprint density at radius 2 is 1.71 bits per heavy atom. The van der Waals surface area contributed by atoms with Crippen molar-refractivity contribution in [1.82, 2.24) is 29.4 Å². The topological polar surface area (TPSA) is 78.6 Å². The van der Waals surface area contributed by atoms with Gasteiger partial charge >= 0.3 is 144 Å². The predicted octanol–water partition coefficient (Wildman–Crippen LogP) is 1.85. The molecular formula is C16H12N6OSe. The molecular weight excluding hydrogens is 371 g/mol. The molecule has 24 heavy (non-hydrogen) atoms. The molecule has 0 atom stereocenters. The van der Waals surface area contributed by atoms with Gasteiger partial charge in [-0.3, -0.25) is 0 Å². The molecule has 2 aromatic heterocycles. The number of hydrogen-bond donors (Lipinski definition) is 0. The summed E-state index contributed by atoms with van der Waals surface area (Å²) in [6.45, 7) is 0. The van der Waals surface area contributed by atoms with Gasteiger partial charge in [-0.25, -0.2) is 0 Å². The van der Waals surface area contributed by atoms with Crippen molar-refractivity contribution in [3.63, 3.8) is 0 Å². The van der Waals surface area contributed by atoms with Gasteiger partial charge in [0, 0.05) is 0 Å². The van der Waals surface area contributed by atoms with Crippen molar-refractivity contribution in [3.8, 4) is 33.0 Å². The van der Waals surface area contributed by atoms with Crippen molar-refractivity contribution in [1.29, 1.82) is 0 Å². The summed E-state index contributed by atoms with van der Waals surface area (Å²) < 4.78 is 10.2. The third-order valence-corrected chi connectivity index (χ3v) is 4.92. The van der Waals surface area contributed by atoms with Gasteiger partial charge in [-0.15, -0.1) is 0 Å². The first-order valence-electron chi connectivity index (χ1n) is 7.18. The quantitative estimate of drug-likeness (QED) is 0.501. The summed E-state index contributed by atoms with van der Waals surface area (Å²) in [5, 5.41) is 17.1. The molecule has 7 nitrogen and oxygen atoms in total. The Labute approximate surface area is 143 Å². The van der Waals surface area contributed by atoms with Crippen LogP contribution in [0.1, 0.15) is 0 Å². The fourth-order valence-electron chi connectivity index (χ4n) is 2.25. The zero-order valence-corrected chi connectivity index (χ0v) is 14.4. The number of nitrogens with zero attached hydrogens (tertiary/aromatic N) is 6. The summed E-state index contributed by atoms with van der Waals surface area (Å²) in [6.07, 6.45) is 0. The fraction of sp³-hybridized carbons (Fsp3) is 0.0625. The Morgan fingerprint density at radius 1 is 0.917 bits per heavy atom. The summed E-state index contributed by atoms with van der Waals surface area (Å²) in [6, 6.07) is 17.4. The molecule has 4 aromatic rings. The Balaban J connectivity index is 1.71. The van der Waals surface area contributed by atoms with Gasteiger partial charge in [0.25, 0.3) is 0 Å². The average Bonchev–Trinajstić information content (AvgIpc) is 3.32. The van der Waals surface area contributed by atoms with Gasteiger partial charge in [0.15, 0.2) is 0 Å². The molecule has 8 heteroatoms. The SMILES string of the molecule is COc1ccc(-c2nn[se]c2-n2nnc(-c3ccccc3)n2)cc1. The maximum atomic E-state index is 5.19. The van der Waals surface area contributed by atoms with E-state index >= 15 is 0 Å². The number of methoxy groups -OCH3 is 1. The maximum absolute atomic E-state index is 5.19. The second-order valence-corrected chi connectivity index (χ2v) is 6.46. The molecule has 0 radical (unpaired) electrons. The van der Waals surface area contributed by atoms with Crippen molar-refractivity contribution in [2.45, 2.75) is 0 Å². The number of ether oxygens (including phenoxy) is 1. The molecule has 0 amide bonds. The van der Waals surface area contributed by atoms with Crippen LogP contribution in [0.5, 0.6) is 5.75 Å². The third kappa shape index (κ3) is 2.73. The van der Waals surface area contributed by atoms with Crippen molar-refractivity contribution >= 4 is 14.7 Å². The Kier molecular flexibility index (Phi) is 3.90. The number of aromatic nitrogens is 6. The summed E-state index contributed by atoms with van der Waals surface area (Å²) in [5.74, 6) is 1.38. The summed E-state index contributed by atoms with van der Waals surface area (Å²) in [7, 11) is 1.64. The van der Waals surface area contributed by atoms with E-state index in [1.54, 1.807) is 7.11 Å². The first-order valence-corrected chi connectivity index (χ1v) is 8.80. The number of hydrogen-bond acceptors (Lipinski definition) is 6. The Bertz CT molecular complexity index is 948. The van der Waals surface area contributed by atoms with Crippen LogP contribution in [0.2, 0.25) is 0 Å². The standard InChI is InChI=1S/C16H12N6OSe/c1-23-13-9-7-11(8-10-13)14-16(24-21-17-14)22-19-15(18-20-22)12-5-3-2-4-6-12/h2-10H,1H3. The van der Waals surface area contributed by atoms with Gasteiger partial charge in [-0.05, 0) is 0 Å². The van der Waals surface area contributed by atoms with E-state index in [9.17, 15) is 0 Å². The second kappa shape index (κ2) is 6.35. The van der Waals surface area contributed by atoms with E-state index in [1.807, 2.05) is 54.6 Å². The van der Waals surface area contributed by atoms with Crippen LogP contribution in [0.4, 0.5) is 0 Å².